The van der Waals surface area contributed by atoms with Gasteiger partial charge in [-0.2, -0.15) is 0 Å². The van der Waals surface area contributed by atoms with E-state index in [1.54, 1.807) is 0 Å². The lowest BCUT2D eigenvalue weighted by atomic mass is 10.2. The van der Waals surface area contributed by atoms with Crippen molar-refractivity contribution in [3.8, 4) is 0 Å². The monoisotopic (exact) mass is 299 g/mol. The predicted octanol–water partition coefficient (Wildman–Crippen LogP) is 2.66. The van der Waals surface area contributed by atoms with Crippen LogP contribution in [0.15, 0.2) is 60.7 Å². The minimum absolute atomic E-state index is 0.245. The highest BCUT2D eigenvalue weighted by Gasteiger charge is 2.20. The molecule has 2 rings (SSSR count). The van der Waals surface area contributed by atoms with Crippen molar-refractivity contribution in [1.29, 1.82) is 0 Å². The molecule has 0 aromatic heterocycles. The van der Waals surface area contributed by atoms with Gasteiger partial charge in [0.2, 0.25) is 0 Å². The highest BCUT2D eigenvalue weighted by molar-refractivity contribution is 5.74. The third-order valence-corrected chi connectivity index (χ3v) is 3.21. The normalized spacial score (nSPS) is 11.9. The Bertz CT molecular complexity index is 557. The molecule has 0 fully saturated rings. The maximum absolute atomic E-state index is 12.1. The third kappa shape index (κ3) is 5.31. The molecule has 0 aliphatic rings. The number of hydrogen-bond acceptors (Lipinski definition) is 4. The molecule has 0 heterocycles. The molecule has 22 heavy (non-hydrogen) atoms. The Kier molecular flexibility index (Phi) is 6.61. The Morgan fingerprint density at radius 3 is 2.00 bits per heavy atom. The highest BCUT2D eigenvalue weighted by atomic mass is 16.6. The second kappa shape index (κ2) is 8.97. The first-order valence-electron chi connectivity index (χ1n) is 7.35. The molecule has 116 valence electrons. The van der Waals surface area contributed by atoms with Crippen molar-refractivity contribution < 1.29 is 14.3 Å². The van der Waals surface area contributed by atoms with Gasteiger partial charge in [0, 0.05) is 0 Å². The van der Waals surface area contributed by atoms with Gasteiger partial charge >= 0.3 is 5.97 Å². The van der Waals surface area contributed by atoms with Crippen LogP contribution in [0.25, 0.3) is 0 Å². The number of esters is 1. The Hall–Kier alpha value is -2.17. The summed E-state index contributed by atoms with van der Waals surface area (Å²) in [5, 5.41) is 0. The molecular weight excluding hydrogens is 278 g/mol. The lowest BCUT2D eigenvalue weighted by molar-refractivity contribution is -0.159. The van der Waals surface area contributed by atoms with Crippen LogP contribution in [-0.4, -0.2) is 18.6 Å². The van der Waals surface area contributed by atoms with Crippen LogP contribution >= 0.6 is 0 Å². The van der Waals surface area contributed by atoms with Gasteiger partial charge in [0.25, 0.3) is 0 Å². The summed E-state index contributed by atoms with van der Waals surface area (Å²) in [6.45, 7) is 0.987. The van der Waals surface area contributed by atoms with Crippen molar-refractivity contribution in [2.45, 2.75) is 25.7 Å². The summed E-state index contributed by atoms with van der Waals surface area (Å²) >= 11 is 0. The van der Waals surface area contributed by atoms with Gasteiger partial charge in [-0.3, -0.25) is 0 Å². The smallest absolute Gasteiger partial charge is 0.335 e. The van der Waals surface area contributed by atoms with Gasteiger partial charge in [-0.1, -0.05) is 60.7 Å². The first-order valence-corrected chi connectivity index (χ1v) is 7.35. The topological polar surface area (TPSA) is 61.5 Å². The average molecular weight is 299 g/mol. The standard InChI is InChI=1S/C18H21NO3/c19-12-11-17(21-13-15-7-3-1-4-8-15)18(20)22-14-16-9-5-2-6-10-16/h1-10,17H,11-14,19H2. The van der Waals surface area contributed by atoms with Crippen LogP contribution in [0, 0.1) is 0 Å². The van der Waals surface area contributed by atoms with E-state index in [9.17, 15) is 4.79 Å². The van der Waals surface area contributed by atoms with Crippen LogP contribution in [-0.2, 0) is 27.5 Å². The van der Waals surface area contributed by atoms with Crippen molar-refractivity contribution in [2.75, 3.05) is 6.54 Å². The Morgan fingerprint density at radius 2 is 1.45 bits per heavy atom. The van der Waals surface area contributed by atoms with E-state index in [2.05, 4.69) is 0 Å². The molecule has 4 nitrogen and oxygen atoms in total. The molecule has 0 aliphatic carbocycles. The minimum Gasteiger partial charge on any atom is -0.459 e. The molecule has 0 saturated heterocycles. The van der Waals surface area contributed by atoms with Crippen molar-refractivity contribution in [3.63, 3.8) is 0 Å². The SMILES string of the molecule is NCCC(OCc1ccccc1)C(=O)OCc1ccccc1. The molecule has 2 aromatic carbocycles. The number of ether oxygens (including phenoxy) is 2. The van der Waals surface area contributed by atoms with Crippen molar-refractivity contribution >= 4 is 5.97 Å². The third-order valence-electron chi connectivity index (χ3n) is 3.21. The summed E-state index contributed by atoms with van der Waals surface area (Å²) in [6.07, 6.45) is -0.186. The van der Waals surface area contributed by atoms with Gasteiger partial charge < -0.3 is 15.2 Å². The summed E-state index contributed by atoms with van der Waals surface area (Å²) in [5.41, 5.74) is 7.52. The quantitative estimate of drug-likeness (QED) is 0.761. The van der Waals surface area contributed by atoms with Crippen LogP contribution < -0.4 is 5.73 Å². The molecule has 2 aromatic rings. The number of rotatable bonds is 8. The summed E-state index contributed by atoms with van der Waals surface area (Å²) in [5.74, 6) is -0.370. The van der Waals surface area contributed by atoms with Crippen LogP contribution in [0.1, 0.15) is 17.5 Å². The molecule has 0 spiro atoms. The molecule has 2 N–H and O–H groups in total. The van der Waals surface area contributed by atoms with Crippen LogP contribution in [0.2, 0.25) is 0 Å². The fourth-order valence-corrected chi connectivity index (χ4v) is 2.01. The summed E-state index contributed by atoms with van der Waals surface area (Å²) in [4.78, 5) is 12.1. The fraction of sp³-hybridized carbons (Fsp3) is 0.278. The minimum atomic E-state index is -0.631. The molecule has 0 bridgehead atoms. The molecule has 0 amide bonds. The summed E-state index contributed by atoms with van der Waals surface area (Å²) in [6, 6.07) is 19.3. The zero-order valence-corrected chi connectivity index (χ0v) is 12.5. The second-order valence-electron chi connectivity index (χ2n) is 4.96. The van der Waals surface area contributed by atoms with E-state index in [0.29, 0.717) is 19.6 Å². The molecule has 0 aliphatic heterocycles. The lowest BCUT2D eigenvalue weighted by Crippen LogP contribution is -2.29. The molecule has 4 heteroatoms. The van der Waals surface area contributed by atoms with E-state index in [-0.39, 0.29) is 12.6 Å². The van der Waals surface area contributed by atoms with Gasteiger partial charge in [0.15, 0.2) is 6.10 Å². The van der Waals surface area contributed by atoms with Gasteiger partial charge in [0.05, 0.1) is 6.61 Å². The largest absolute Gasteiger partial charge is 0.459 e. The van der Waals surface area contributed by atoms with E-state index < -0.39 is 6.10 Å². The summed E-state index contributed by atoms with van der Waals surface area (Å²) in [7, 11) is 0. The fourth-order valence-electron chi connectivity index (χ4n) is 2.01. The second-order valence-corrected chi connectivity index (χ2v) is 4.96. The van der Waals surface area contributed by atoms with E-state index in [1.165, 1.54) is 0 Å². The highest BCUT2D eigenvalue weighted by Crippen LogP contribution is 2.09. The Labute approximate surface area is 130 Å². The van der Waals surface area contributed by atoms with Gasteiger partial charge in [-0.25, -0.2) is 4.79 Å². The molecule has 1 atom stereocenters. The molecule has 0 radical (unpaired) electrons. The number of benzene rings is 2. The zero-order valence-electron chi connectivity index (χ0n) is 12.5. The van der Waals surface area contributed by atoms with E-state index in [0.717, 1.165) is 11.1 Å². The first-order chi connectivity index (χ1) is 10.8. The predicted molar refractivity (Wildman–Crippen MR) is 84.9 cm³/mol. The number of nitrogens with two attached hydrogens (primary N) is 1. The maximum atomic E-state index is 12.1. The van der Waals surface area contributed by atoms with Crippen LogP contribution in [0.5, 0.6) is 0 Å². The van der Waals surface area contributed by atoms with Crippen LogP contribution in [0.3, 0.4) is 0 Å². The zero-order chi connectivity index (χ0) is 15.6. The van der Waals surface area contributed by atoms with Crippen molar-refractivity contribution in [3.05, 3.63) is 71.8 Å². The Balaban J connectivity index is 1.85. The molecule has 1 unspecified atom stereocenters. The van der Waals surface area contributed by atoms with E-state index >= 15 is 0 Å². The van der Waals surface area contributed by atoms with Gasteiger partial charge in [-0.15, -0.1) is 0 Å². The number of carbonyl (C=O) groups excluding carboxylic acids is 1. The van der Waals surface area contributed by atoms with E-state index in [1.807, 2.05) is 60.7 Å². The lowest BCUT2D eigenvalue weighted by Gasteiger charge is -2.16. The van der Waals surface area contributed by atoms with E-state index in [4.69, 9.17) is 15.2 Å². The number of carbonyl (C=O) groups is 1. The van der Waals surface area contributed by atoms with Crippen LogP contribution in [0.4, 0.5) is 0 Å². The number of hydrogen-bond donors (Lipinski definition) is 1. The first kappa shape index (κ1) is 16.2. The Morgan fingerprint density at radius 1 is 0.909 bits per heavy atom. The maximum Gasteiger partial charge on any atom is 0.335 e. The molecule has 0 saturated carbocycles. The van der Waals surface area contributed by atoms with Gasteiger partial charge in [0.1, 0.15) is 6.61 Å². The molecular formula is C18H21NO3. The van der Waals surface area contributed by atoms with Crippen molar-refractivity contribution in [1.82, 2.24) is 0 Å². The van der Waals surface area contributed by atoms with Crippen molar-refractivity contribution in [2.24, 2.45) is 5.73 Å². The average Bonchev–Trinajstić information content (AvgIpc) is 2.58. The van der Waals surface area contributed by atoms with Gasteiger partial charge in [-0.05, 0) is 24.1 Å². The summed E-state index contributed by atoms with van der Waals surface area (Å²) < 4.78 is 11.0.